The van der Waals surface area contributed by atoms with Gasteiger partial charge in [0.05, 0.1) is 11.9 Å². The van der Waals surface area contributed by atoms with E-state index in [1.165, 1.54) is 32.1 Å². The maximum Gasteiger partial charge on any atom is 0.154 e. The van der Waals surface area contributed by atoms with Gasteiger partial charge in [0.2, 0.25) is 0 Å². The average molecular weight is 236 g/mol. The summed E-state index contributed by atoms with van der Waals surface area (Å²) >= 11 is 0. The largest absolute Gasteiger partial charge is 0.325 e. The Balaban J connectivity index is 1.79. The molecule has 1 heterocycles. The number of ketones is 1. The fraction of sp³-hybridized carbons (Fsp3) is 0.750. The first-order chi connectivity index (χ1) is 8.28. The molecule has 0 unspecified atom stereocenters. The van der Waals surface area contributed by atoms with Gasteiger partial charge < -0.3 is 5.73 Å². The van der Waals surface area contributed by atoms with Crippen LogP contribution in [0.25, 0.3) is 0 Å². The molecule has 0 atom stereocenters. The SMILES string of the molecule is NCc1cn(CC(=O)CC2CCCCC2)nn1. The van der Waals surface area contributed by atoms with Crippen LogP contribution in [0.4, 0.5) is 0 Å². The van der Waals surface area contributed by atoms with E-state index in [4.69, 9.17) is 5.73 Å². The fourth-order valence-corrected chi connectivity index (χ4v) is 2.47. The van der Waals surface area contributed by atoms with Crippen LogP contribution in [0.3, 0.4) is 0 Å². The fourth-order valence-electron chi connectivity index (χ4n) is 2.47. The second kappa shape index (κ2) is 5.91. The van der Waals surface area contributed by atoms with Crippen LogP contribution in [0.15, 0.2) is 6.20 Å². The molecule has 94 valence electrons. The van der Waals surface area contributed by atoms with Crippen molar-refractivity contribution in [3.05, 3.63) is 11.9 Å². The zero-order valence-electron chi connectivity index (χ0n) is 10.1. The third-order valence-electron chi connectivity index (χ3n) is 3.37. The minimum absolute atomic E-state index is 0.255. The van der Waals surface area contributed by atoms with Crippen LogP contribution in [0.5, 0.6) is 0 Å². The molecule has 0 bridgehead atoms. The highest BCUT2D eigenvalue weighted by molar-refractivity contribution is 5.78. The number of carbonyl (C=O) groups is 1. The quantitative estimate of drug-likeness (QED) is 0.835. The van der Waals surface area contributed by atoms with Crippen molar-refractivity contribution in [3.63, 3.8) is 0 Å². The Morgan fingerprint density at radius 1 is 1.41 bits per heavy atom. The predicted octanol–water partition coefficient (Wildman–Crippen LogP) is 1.28. The Labute approximate surface area is 101 Å². The maximum atomic E-state index is 11.9. The lowest BCUT2D eigenvalue weighted by Gasteiger charge is -2.20. The monoisotopic (exact) mass is 236 g/mol. The third-order valence-corrected chi connectivity index (χ3v) is 3.37. The highest BCUT2D eigenvalue weighted by atomic mass is 16.1. The van der Waals surface area contributed by atoms with Gasteiger partial charge in [0.15, 0.2) is 5.78 Å². The molecule has 5 heteroatoms. The summed E-state index contributed by atoms with van der Waals surface area (Å²) in [7, 11) is 0. The summed E-state index contributed by atoms with van der Waals surface area (Å²) in [5.74, 6) is 0.846. The van der Waals surface area contributed by atoms with E-state index in [2.05, 4.69) is 10.3 Å². The smallest absolute Gasteiger partial charge is 0.154 e. The Kier molecular flexibility index (Phi) is 4.25. The number of Topliss-reactive ketones (excluding diaryl/α,β-unsaturated/α-hetero) is 1. The molecule has 2 rings (SSSR count). The number of aromatic nitrogens is 3. The van der Waals surface area contributed by atoms with Crippen LogP contribution in [0.1, 0.15) is 44.2 Å². The van der Waals surface area contributed by atoms with Crippen LogP contribution < -0.4 is 5.73 Å². The second-order valence-corrected chi connectivity index (χ2v) is 4.86. The summed E-state index contributed by atoms with van der Waals surface area (Å²) in [6.45, 7) is 0.709. The van der Waals surface area contributed by atoms with Crippen molar-refractivity contribution in [1.82, 2.24) is 15.0 Å². The van der Waals surface area contributed by atoms with Crippen molar-refractivity contribution in [2.75, 3.05) is 0 Å². The molecular weight excluding hydrogens is 216 g/mol. The van der Waals surface area contributed by atoms with Gasteiger partial charge in [0.25, 0.3) is 0 Å². The molecule has 17 heavy (non-hydrogen) atoms. The van der Waals surface area contributed by atoms with Crippen molar-refractivity contribution in [3.8, 4) is 0 Å². The normalized spacial score (nSPS) is 17.2. The number of carbonyl (C=O) groups excluding carboxylic acids is 1. The van der Waals surface area contributed by atoms with E-state index in [0.29, 0.717) is 25.4 Å². The molecule has 0 amide bonds. The molecule has 0 aliphatic heterocycles. The topological polar surface area (TPSA) is 73.8 Å². The Bertz CT molecular complexity index is 368. The van der Waals surface area contributed by atoms with Crippen molar-refractivity contribution in [2.24, 2.45) is 11.7 Å². The van der Waals surface area contributed by atoms with E-state index in [1.807, 2.05) is 0 Å². The molecule has 2 N–H and O–H groups in total. The molecule has 0 radical (unpaired) electrons. The van der Waals surface area contributed by atoms with Gasteiger partial charge in [-0.15, -0.1) is 5.10 Å². The summed E-state index contributed by atoms with van der Waals surface area (Å²) in [4.78, 5) is 11.9. The molecule has 1 aliphatic rings. The van der Waals surface area contributed by atoms with Gasteiger partial charge >= 0.3 is 0 Å². The van der Waals surface area contributed by atoms with E-state index in [0.717, 1.165) is 5.69 Å². The summed E-state index contributed by atoms with van der Waals surface area (Å²) < 4.78 is 1.59. The van der Waals surface area contributed by atoms with Gasteiger partial charge in [-0.3, -0.25) is 4.79 Å². The first kappa shape index (κ1) is 12.2. The lowest BCUT2D eigenvalue weighted by atomic mass is 9.86. The third kappa shape index (κ3) is 3.63. The van der Waals surface area contributed by atoms with E-state index >= 15 is 0 Å². The minimum atomic E-state index is 0.255. The number of rotatable bonds is 5. The van der Waals surface area contributed by atoms with Gasteiger partial charge in [-0.25, -0.2) is 4.68 Å². The lowest BCUT2D eigenvalue weighted by Crippen LogP contribution is -2.17. The zero-order valence-corrected chi connectivity index (χ0v) is 10.1. The summed E-state index contributed by atoms with van der Waals surface area (Å²) in [6.07, 6.45) is 8.73. The van der Waals surface area contributed by atoms with Gasteiger partial charge in [-0.2, -0.15) is 0 Å². The van der Waals surface area contributed by atoms with Crippen LogP contribution in [0, 0.1) is 5.92 Å². The maximum absolute atomic E-state index is 11.9. The Morgan fingerprint density at radius 2 is 2.18 bits per heavy atom. The van der Waals surface area contributed by atoms with Gasteiger partial charge in [-0.05, 0) is 5.92 Å². The van der Waals surface area contributed by atoms with E-state index in [-0.39, 0.29) is 5.78 Å². The Hall–Kier alpha value is -1.23. The number of nitrogens with zero attached hydrogens (tertiary/aromatic N) is 3. The van der Waals surface area contributed by atoms with Crippen LogP contribution >= 0.6 is 0 Å². The average Bonchev–Trinajstić information content (AvgIpc) is 2.78. The van der Waals surface area contributed by atoms with Gasteiger partial charge in [0, 0.05) is 13.0 Å². The number of hydrogen-bond acceptors (Lipinski definition) is 4. The number of nitrogens with two attached hydrogens (primary N) is 1. The van der Waals surface area contributed by atoms with Crippen molar-refractivity contribution in [1.29, 1.82) is 0 Å². The standard InChI is InChI=1S/C12H20N4O/c13-7-11-8-16(15-14-11)9-12(17)6-10-4-2-1-3-5-10/h8,10H,1-7,9,13H2. The van der Waals surface area contributed by atoms with Gasteiger partial charge in [-0.1, -0.05) is 37.3 Å². The van der Waals surface area contributed by atoms with Gasteiger partial charge in [0.1, 0.15) is 6.54 Å². The molecular formula is C12H20N4O. The first-order valence-corrected chi connectivity index (χ1v) is 6.38. The van der Waals surface area contributed by atoms with E-state index in [9.17, 15) is 4.79 Å². The molecule has 0 aromatic carbocycles. The second-order valence-electron chi connectivity index (χ2n) is 4.86. The predicted molar refractivity (Wildman–Crippen MR) is 64.1 cm³/mol. The summed E-state index contributed by atoms with van der Waals surface area (Å²) in [6, 6.07) is 0. The molecule has 5 nitrogen and oxygen atoms in total. The lowest BCUT2D eigenvalue weighted by molar-refractivity contribution is -0.121. The van der Waals surface area contributed by atoms with E-state index in [1.54, 1.807) is 10.9 Å². The minimum Gasteiger partial charge on any atom is -0.325 e. The molecule has 1 aromatic rings. The Morgan fingerprint density at radius 3 is 2.82 bits per heavy atom. The van der Waals surface area contributed by atoms with Crippen LogP contribution in [-0.2, 0) is 17.9 Å². The number of hydrogen-bond donors (Lipinski definition) is 1. The zero-order chi connectivity index (χ0) is 12.1. The van der Waals surface area contributed by atoms with Crippen molar-refractivity contribution >= 4 is 5.78 Å². The summed E-state index contributed by atoms with van der Waals surface area (Å²) in [5.41, 5.74) is 6.17. The first-order valence-electron chi connectivity index (χ1n) is 6.38. The molecule has 1 aromatic heterocycles. The highest BCUT2D eigenvalue weighted by Gasteiger charge is 2.17. The highest BCUT2D eigenvalue weighted by Crippen LogP contribution is 2.26. The molecule has 0 saturated heterocycles. The van der Waals surface area contributed by atoms with E-state index < -0.39 is 0 Å². The molecule has 0 spiro atoms. The summed E-state index contributed by atoms with van der Waals surface area (Å²) in [5, 5.41) is 7.76. The van der Waals surface area contributed by atoms with Crippen LogP contribution in [0.2, 0.25) is 0 Å². The van der Waals surface area contributed by atoms with Crippen LogP contribution in [-0.4, -0.2) is 20.8 Å². The van der Waals surface area contributed by atoms with Crippen molar-refractivity contribution in [2.45, 2.75) is 51.6 Å². The molecule has 1 fully saturated rings. The van der Waals surface area contributed by atoms with Crippen molar-refractivity contribution < 1.29 is 4.79 Å². The molecule has 1 aliphatic carbocycles. The molecule has 1 saturated carbocycles.